The first-order chi connectivity index (χ1) is 5.73. The van der Waals surface area contributed by atoms with Crippen molar-refractivity contribution in [3.05, 3.63) is 34.2 Å². The third-order valence-electron chi connectivity index (χ3n) is 2.04. The van der Waals surface area contributed by atoms with Crippen LogP contribution in [0.3, 0.4) is 0 Å². The Bertz CT molecular complexity index is 276. The molecule has 0 aromatic heterocycles. The van der Waals surface area contributed by atoms with Crippen molar-refractivity contribution < 1.29 is 5.11 Å². The minimum atomic E-state index is -0.766. The number of azide groups is 1. The van der Waals surface area contributed by atoms with Crippen LogP contribution in [0.1, 0.15) is 13.3 Å². The maximum Gasteiger partial charge on any atom is 0.0905 e. The van der Waals surface area contributed by atoms with Crippen LogP contribution in [-0.2, 0) is 0 Å². The second-order valence-electron chi connectivity index (χ2n) is 2.95. The van der Waals surface area contributed by atoms with Gasteiger partial charge in [-0.2, -0.15) is 0 Å². The Morgan fingerprint density at radius 2 is 2.58 bits per heavy atom. The van der Waals surface area contributed by atoms with E-state index in [1.165, 1.54) is 0 Å². The van der Waals surface area contributed by atoms with E-state index in [2.05, 4.69) is 10.0 Å². The topological polar surface area (TPSA) is 69.0 Å². The van der Waals surface area contributed by atoms with Crippen molar-refractivity contribution in [1.29, 1.82) is 0 Å². The van der Waals surface area contributed by atoms with Gasteiger partial charge in [0.25, 0.3) is 0 Å². The Kier molecular flexibility index (Phi) is 2.53. The van der Waals surface area contributed by atoms with Crippen molar-refractivity contribution in [3.8, 4) is 0 Å². The van der Waals surface area contributed by atoms with Gasteiger partial charge < -0.3 is 5.11 Å². The van der Waals surface area contributed by atoms with Crippen LogP contribution >= 0.6 is 0 Å². The quantitative estimate of drug-likeness (QED) is 0.387. The van der Waals surface area contributed by atoms with Crippen molar-refractivity contribution >= 4 is 0 Å². The molecule has 0 aromatic carbocycles. The molecule has 1 rings (SSSR count). The number of hydrogen-bond donors (Lipinski definition) is 1. The molecule has 4 nitrogen and oxygen atoms in total. The molecule has 4 heteroatoms. The summed E-state index contributed by atoms with van der Waals surface area (Å²) in [5, 5.41) is 12.6. The van der Waals surface area contributed by atoms with E-state index >= 15 is 0 Å². The molecule has 1 atom stereocenters. The highest BCUT2D eigenvalue weighted by molar-refractivity contribution is 5.31. The summed E-state index contributed by atoms with van der Waals surface area (Å²) in [6, 6.07) is 0. The van der Waals surface area contributed by atoms with Gasteiger partial charge in [-0.05, 0) is 18.9 Å². The van der Waals surface area contributed by atoms with Crippen molar-refractivity contribution in [1.82, 2.24) is 0 Å². The molecule has 0 spiro atoms. The van der Waals surface area contributed by atoms with E-state index in [1.807, 2.05) is 18.2 Å². The summed E-state index contributed by atoms with van der Waals surface area (Å²) in [6.45, 7) is 1.58. The summed E-state index contributed by atoms with van der Waals surface area (Å²) < 4.78 is 0. The van der Waals surface area contributed by atoms with Gasteiger partial charge in [-0.3, -0.25) is 0 Å². The minimum Gasteiger partial charge on any atom is -0.395 e. The molecule has 0 bridgehead atoms. The van der Waals surface area contributed by atoms with Crippen LogP contribution in [0.2, 0.25) is 0 Å². The molecule has 64 valence electrons. The predicted molar refractivity (Wildman–Crippen MR) is 46.5 cm³/mol. The second-order valence-corrected chi connectivity index (χ2v) is 2.95. The van der Waals surface area contributed by atoms with E-state index in [9.17, 15) is 0 Å². The number of rotatable bonds is 3. The van der Waals surface area contributed by atoms with Crippen LogP contribution in [0.4, 0.5) is 0 Å². The van der Waals surface area contributed by atoms with E-state index in [0.29, 0.717) is 0 Å². The first kappa shape index (κ1) is 8.84. The van der Waals surface area contributed by atoms with E-state index in [-0.39, 0.29) is 6.61 Å². The molecule has 0 aliphatic heterocycles. The molecular formula is C8H11N3O. The molecule has 1 N–H and O–H groups in total. The summed E-state index contributed by atoms with van der Waals surface area (Å²) in [5.41, 5.74) is 8.49. The van der Waals surface area contributed by atoms with Gasteiger partial charge in [0.15, 0.2) is 0 Å². The Labute approximate surface area is 70.8 Å². The first-order valence-electron chi connectivity index (χ1n) is 3.76. The van der Waals surface area contributed by atoms with Crippen molar-refractivity contribution in [2.45, 2.75) is 18.9 Å². The molecule has 0 radical (unpaired) electrons. The van der Waals surface area contributed by atoms with Crippen LogP contribution < -0.4 is 0 Å². The fraction of sp³-hybridized carbons (Fsp3) is 0.500. The highest BCUT2D eigenvalue weighted by Crippen LogP contribution is 2.27. The minimum absolute atomic E-state index is 0.148. The average molecular weight is 165 g/mol. The number of allylic oxidation sites excluding steroid dienone is 3. The Hall–Kier alpha value is -1.25. The zero-order valence-electron chi connectivity index (χ0n) is 6.94. The van der Waals surface area contributed by atoms with E-state index in [4.69, 9.17) is 10.6 Å². The zero-order valence-corrected chi connectivity index (χ0v) is 6.94. The van der Waals surface area contributed by atoms with Gasteiger partial charge in [-0.15, -0.1) is 0 Å². The molecule has 0 amide bonds. The maximum atomic E-state index is 9.04. The summed E-state index contributed by atoms with van der Waals surface area (Å²) in [7, 11) is 0. The van der Waals surface area contributed by atoms with Crippen LogP contribution in [0.25, 0.3) is 10.4 Å². The number of nitrogens with zero attached hydrogens (tertiary/aromatic N) is 3. The van der Waals surface area contributed by atoms with Crippen LogP contribution in [0.15, 0.2) is 28.9 Å². The highest BCUT2D eigenvalue weighted by atomic mass is 16.3. The molecular weight excluding hydrogens is 154 g/mol. The summed E-state index contributed by atoms with van der Waals surface area (Å²) in [4.78, 5) is 2.72. The molecule has 0 fully saturated rings. The summed E-state index contributed by atoms with van der Waals surface area (Å²) >= 11 is 0. The van der Waals surface area contributed by atoms with Crippen molar-refractivity contribution in [3.63, 3.8) is 0 Å². The Balaban J connectivity index is 2.87. The van der Waals surface area contributed by atoms with Gasteiger partial charge in [0.1, 0.15) is 0 Å². The van der Waals surface area contributed by atoms with E-state index in [1.54, 1.807) is 6.92 Å². The lowest BCUT2D eigenvalue weighted by atomic mass is 9.93. The van der Waals surface area contributed by atoms with Gasteiger partial charge in [0.2, 0.25) is 0 Å². The average Bonchev–Trinajstić information content (AvgIpc) is 2.57. The van der Waals surface area contributed by atoms with Gasteiger partial charge in [0.05, 0.1) is 12.1 Å². The van der Waals surface area contributed by atoms with Crippen LogP contribution in [0.5, 0.6) is 0 Å². The van der Waals surface area contributed by atoms with Crippen LogP contribution in [-0.4, -0.2) is 17.3 Å². The zero-order chi connectivity index (χ0) is 9.03. The molecule has 0 heterocycles. The van der Waals surface area contributed by atoms with E-state index in [0.717, 1.165) is 12.0 Å². The fourth-order valence-corrected chi connectivity index (χ4v) is 1.14. The fourth-order valence-electron chi connectivity index (χ4n) is 1.14. The monoisotopic (exact) mass is 165 g/mol. The predicted octanol–water partition coefficient (Wildman–Crippen LogP) is 1.93. The molecule has 0 saturated heterocycles. The standard InChI is InChI=1S/C8H11N3O/c1-8(6-12,10-11-9)7-4-2-3-5-7/h2-4,12H,5-6H2,1H3/t8-/m0/s1. The maximum absolute atomic E-state index is 9.04. The summed E-state index contributed by atoms with van der Waals surface area (Å²) in [5.74, 6) is 0. The summed E-state index contributed by atoms with van der Waals surface area (Å²) in [6.07, 6.45) is 6.51. The van der Waals surface area contributed by atoms with Gasteiger partial charge in [-0.25, -0.2) is 0 Å². The van der Waals surface area contributed by atoms with E-state index < -0.39 is 5.54 Å². The third-order valence-corrected chi connectivity index (χ3v) is 2.04. The lowest BCUT2D eigenvalue weighted by Crippen LogP contribution is -2.28. The lowest BCUT2D eigenvalue weighted by Gasteiger charge is -2.22. The van der Waals surface area contributed by atoms with Gasteiger partial charge in [0, 0.05) is 4.91 Å². The molecule has 1 aliphatic rings. The highest BCUT2D eigenvalue weighted by Gasteiger charge is 2.26. The van der Waals surface area contributed by atoms with Crippen molar-refractivity contribution in [2.24, 2.45) is 5.11 Å². The van der Waals surface area contributed by atoms with Gasteiger partial charge >= 0.3 is 0 Å². The Morgan fingerprint density at radius 3 is 3.00 bits per heavy atom. The molecule has 0 unspecified atom stereocenters. The Morgan fingerprint density at radius 1 is 1.83 bits per heavy atom. The van der Waals surface area contributed by atoms with Gasteiger partial charge in [-0.1, -0.05) is 28.9 Å². The SMILES string of the molecule is C[C@@](CO)(N=[N+]=[N-])C1=CC=CC1. The molecule has 0 aromatic rings. The van der Waals surface area contributed by atoms with Crippen LogP contribution in [0, 0.1) is 0 Å². The molecule has 0 saturated carbocycles. The molecule has 12 heavy (non-hydrogen) atoms. The number of aliphatic hydroxyl groups is 1. The lowest BCUT2D eigenvalue weighted by molar-refractivity contribution is 0.230. The number of hydrogen-bond acceptors (Lipinski definition) is 2. The first-order valence-corrected chi connectivity index (χ1v) is 3.76. The van der Waals surface area contributed by atoms with Crippen molar-refractivity contribution in [2.75, 3.05) is 6.61 Å². The smallest absolute Gasteiger partial charge is 0.0905 e. The number of aliphatic hydroxyl groups excluding tert-OH is 1. The third kappa shape index (κ3) is 1.49. The largest absolute Gasteiger partial charge is 0.395 e. The normalized spacial score (nSPS) is 19.7. The molecule has 1 aliphatic carbocycles. The second kappa shape index (κ2) is 3.43.